The normalized spacial score (nSPS) is 13.6. The number of amides is 1. The molecule has 1 amide bonds. The number of carbonyl (C=O) groups excluding carboxylic acids is 1. The maximum absolute atomic E-state index is 13.1. The minimum Gasteiger partial charge on any atom is -0.480 e. The topological polar surface area (TPSA) is 62.5 Å². The van der Waals surface area contributed by atoms with Gasteiger partial charge in [0.2, 0.25) is 0 Å². The Hall–Kier alpha value is -2.60. The van der Waals surface area contributed by atoms with Crippen molar-refractivity contribution in [1.29, 1.82) is 0 Å². The van der Waals surface area contributed by atoms with Crippen molar-refractivity contribution in [2.24, 2.45) is 0 Å². The van der Waals surface area contributed by atoms with Crippen LogP contribution in [0.4, 0.5) is 0 Å². The molecule has 27 heavy (non-hydrogen) atoms. The molecule has 0 fully saturated rings. The number of carbonyl (C=O) groups is 2. The number of aromatic nitrogens is 1. The largest absolute Gasteiger partial charge is 0.480 e. The van der Waals surface area contributed by atoms with Crippen molar-refractivity contribution in [1.82, 2.24) is 9.47 Å². The second-order valence-corrected chi connectivity index (χ2v) is 7.63. The average molecular weight is 427 g/mol. The molecule has 138 valence electrons. The molecule has 0 saturated carbocycles. The lowest BCUT2D eigenvalue weighted by atomic mass is 10.0. The monoisotopic (exact) mass is 426 g/mol. The number of halogens is 1. The number of hydrogen-bond acceptors (Lipinski definition) is 2. The molecule has 1 aliphatic heterocycles. The third kappa shape index (κ3) is 3.04. The Bertz CT molecular complexity index is 1070. The Morgan fingerprint density at radius 3 is 2.70 bits per heavy atom. The van der Waals surface area contributed by atoms with E-state index in [-0.39, 0.29) is 12.5 Å². The predicted octanol–water partition coefficient (Wildman–Crippen LogP) is 4.00. The molecule has 0 radical (unpaired) electrons. The molecule has 4 rings (SSSR count). The summed E-state index contributed by atoms with van der Waals surface area (Å²) in [6.45, 7) is 2.96. The molecule has 1 aliphatic rings. The first-order chi connectivity index (χ1) is 13.0. The summed E-state index contributed by atoms with van der Waals surface area (Å²) in [4.78, 5) is 26.3. The van der Waals surface area contributed by atoms with Crippen molar-refractivity contribution >= 4 is 38.7 Å². The van der Waals surface area contributed by atoms with Crippen LogP contribution in [0.3, 0.4) is 0 Å². The first-order valence-corrected chi connectivity index (χ1v) is 9.62. The van der Waals surface area contributed by atoms with Crippen LogP contribution >= 0.6 is 15.9 Å². The second kappa shape index (κ2) is 6.85. The van der Waals surface area contributed by atoms with Crippen molar-refractivity contribution < 1.29 is 14.7 Å². The molecule has 0 bridgehead atoms. The van der Waals surface area contributed by atoms with E-state index < -0.39 is 5.97 Å². The summed E-state index contributed by atoms with van der Waals surface area (Å²) in [5.41, 5.74) is 4.67. The van der Waals surface area contributed by atoms with Gasteiger partial charge in [-0.25, -0.2) is 0 Å². The number of benzene rings is 2. The van der Waals surface area contributed by atoms with Crippen LogP contribution in [0.1, 0.15) is 27.2 Å². The summed E-state index contributed by atoms with van der Waals surface area (Å²) in [5, 5.41) is 10.3. The summed E-state index contributed by atoms with van der Waals surface area (Å²) >= 11 is 3.53. The van der Waals surface area contributed by atoms with Gasteiger partial charge in [-0.15, -0.1) is 0 Å². The summed E-state index contributed by atoms with van der Waals surface area (Å²) in [6.07, 6.45) is 0.645. The second-order valence-electron chi connectivity index (χ2n) is 6.84. The van der Waals surface area contributed by atoms with Crippen molar-refractivity contribution in [3.63, 3.8) is 0 Å². The molecule has 0 unspecified atom stereocenters. The minimum absolute atomic E-state index is 0.00806. The summed E-state index contributed by atoms with van der Waals surface area (Å²) in [7, 11) is 0. The van der Waals surface area contributed by atoms with Crippen LogP contribution in [-0.4, -0.2) is 33.0 Å². The zero-order valence-electron chi connectivity index (χ0n) is 14.9. The lowest BCUT2D eigenvalue weighted by Gasteiger charge is -2.28. The molecule has 1 aromatic heterocycles. The highest BCUT2D eigenvalue weighted by Crippen LogP contribution is 2.32. The van der Waals surface area contributed by atoms with E-state index in [0.29, 0.717) is 25.1 Å². The number of fused-ring (bicyclic) bond motifs is 3. The van der Waals surface area contributed by atoms with Gasteiger partial charge < -0.3 is 14.6 Å². The third-order valence-corrected chi connectivity index (χ3v) is 6.22. The smallest absolute Gasteiger partial charge is 0.323 e. The molecule has 5 nitrogen and oxygen atoms in total. The van der Waals surface area contributed by atoms with Crippen LogP contribution in [0.15, 0.2) is 46.9 Å². The number of carboxylic acid groups (broad SMARTS) is 1. The molecule has 3 aromatic rings. The number of rotatable bonds is 3. The molecule has 0 spiro atoms. The number of para-hydroxylation sites is 1. The van der Waals surface area contributed by atoms with Gasteiger partial charge in [-0.1, -0.05) is 30.3 Å². The predicted molar refractivity (Wildman–Crippen MR) is 107 cm³/mol. The molecular weight excluding hydrogens is 408 g/mol. The number of aliphatic carboxylic acids is 1. The molecule has 0 atom stereocenters. The third-order valence-electron chi connectivity index (χ3n) is 5.16. The average Bonchev–Trinajstić information content (AvgIpc) is 2.96. The van der Waals surface area contributed by atoms with E-state index in [4.69, 9.17) is 0 Å². The van der Waals surface area contributed by atoms with Crippen LogP contribution < -0.4 is 0 Å². The maximum atomic E-state index is 13.1. The van der Waals surface area contributed by atoms with E-state index in [0.717, 1.165) is 32.2 Å². The molecule has 6 heteroatoms. The summed E-state index contributed by atoms with van der Waals surface area (Å²) in [6, 6.07) is 13.5. The Morgan fingerprint density at radius 1 is 1.15 bits per heavy atom. The zero-order valence-corrected chi connectivity index (χ0v) is 16.5. The Kier molecular flexibility index (Phi) is 4.52. The highest BCUT2D eigenvalue weighted by molar-refractivity contribution is 9.10. The summed E-state index contributed by atoms with van der Waals surface area (Å²) < 4.78 is 2.70. The molecule has 0 aliphatic carbocycles. The van der Waals surface area contributed by atoms with E-state index in [1.54, 1.807) is 0 Å². The van der Waals surface area contributed by atoms with E-state index in [1.165, 1.54) is 0 Å². The van der Waals surface area contributed by atoms with Crippen molar-refractivity contribution in [2.45, 2.75) is 26.4 Å². The number of carboxylic acids is 1. The van der Waals surface area contributed by atoms with Crippen LogP contribution in [0.25, 0.3) is 10.9 Å². The van der Waals surface area contributed by atoms with Gasteiger partial charge in [-0.2, -0.15) is 0 Å². The molecule has 2 aromatic carbocycles. The van der Waals surface area contributed by atoms with Crippen LogP contribution in [-0.2, 0) is 24.3 Å². The Labute approximate surface area is 165 Å². The van der Waals surface area contributed by atoms with E-state index in [1.807, 2.05) is 58.9 Å². The van der Waals surface area contributed by atoms with Gasteiger partial charge in [0.1, 0.15) is 6.54 Å². The highest BCUT2D eigenvalue weighted by atomic mass is 79.9. The van der Waals surface area contributed by atoms with Crippen LogP contribution in [0, 0.1) is 6.92 Å². The highest BCUT2D eigenvalue weighted by Gasteiger charge is 2.28. The first-order valence-electron chi connectivity index (χ1n) is 8.82. The van der Waals surface area contributed by atoms with Crippen LogP contribution in [0.5, 0.6) is 0 Å². The zero-order chi connectivity index (χ0) is 19.1. The molecule has 0 saturated heterocycles. The standard InChI is InChI=1S/C21H19BrN2O3/c1-13-5-4-7-15(20(13)22)21(27)23-10-9-18-16(11-23)14-6-2-3-8-17(14)24(18)12-19(25)26/h2-8H,9-12H2,1H3,(H,25,26). The number of nitrogens with zero attached hydrogens (tertiary/aromatic N) is 2. The van der Waals surface area contributed by atoms with Gasteiger partial charge in [0.05, 0.1) is 5.56 Å². The fraction of sp³-hybridized carbons (Fsp3) is 0.238. The summed E-state index contributed by atoms with van der Waals surface area (Å²) in [5.74, 6) is -0.868. The van der Waals surface area contributed by atoms with Gasteiger partial charge in [0.25, 0.3) is 5.91 Å². The Balaban J connectivity index is 1.74. The minimum atomic E-state index is -0.860. The van der Waals surface area contributed by atoms with Gasteiger partial charge >= 0.3 is 5.97 Å². The lowest BCUT2D eigenvalue weighted by Crippen LogP contribution is -2.36. The molecular formula is C21H19BrN2O3. The van der Waals surface area contributed by atoms with Gasteiger partial charge in [-0.3, -0.25) is 9.59 Å². The first kappa shape index (κ1) is 17.8. The van der Waals surface area contributed by atoms with Crippen molar-refractivity contribution in [3.8, 4) is 0 Å². The number of aryl methyl sites for hydroxylation is 1. The van der Waals surface area contributed by atoms with Gasteiger partial charge in [0.15, 0.2) is 0 Å². The van der Waals surface area contributed by atoms with Crippen molar-refractivity contribution in [2.75, 3.05) is 6.54 Å². The number of hydrogen-bond donors (Lipinski definition) is 1. The van der Waals surface area contributed by atoms with E-state index in [2.05, 4.69) is 15.9 Å². The van der Waals surface area contributed by atoms with E-state index >= 15 is 0 Å². The maximum Gasteiger partial charge on any atom is 0.323 e. The molecule has 2 heterocycles. The quantitative estimate of drug-likeness (QED) is 0.688. The van der Waals surface area contributed by atoms with Gasteiger partial charge in [0, 0.05) is 46.1 Å². The molecule has 1 N–H and O–H groups in total. The lowest BCUT2D eigenvalue weighted by molar-refractivity contribution is -0.137. The van der Waals surface area contributed by atoms with Gasteiger partial charge in [-0.05, 0) is 40.5 Å². The van der Waals surface area contributed by atoms with Crippen LogP contribution in [0.2, 0.25) is 0 Å². The van der Waals surface area contributed by atoms with Crippen molar-refractivity contribution in [3.05, 3.63) is 69.3 Å². The SMILES string of the molecule is Cc1cccc(C(=O)N2CCc3c(c4ccccc4n3CC(=O)O)C2)c1Br. The van der Waals surface area contributed by atoms with E-state index in [9.17, 15) is 14.7 Å². The fourth-order valence-corrected chi connectivity index (χ4v) is 4.31. The fourth-order valence-electron chi connectivity index (χ4n) is 3.87. The Morgan fingerprint density at radius 2 is 1.93 bits per heavy atom.